The van der Waals surface area contributed by atoms with Crippen molar-refractivity contribution in [3.05, 3.63) is 40.4 Å². The van der Waals surface area contributed by atoms with Crippen LogP contribution >= 0.6 is 23.2 Å². The Morgan fingerprint density at radius 1 is 1.33 bits per heavy atom. The van der Waals surface area contributed by atoms with E-state index in [-0.39, 0.29) is 12.1 Å². The van der Waals surface area contributed by atoms with Gasteiger partial charge in [0.05, 0.1) is 0 Å². The van der Waals surface area contributed by atoms with Crippen LogP contribution in [0.5, 0.6) is 0 Å². The predicted molar refractivity (Wildman–Crippen MR) is 61.7 cm³/mol. The second kappa shape index (κ2) is 5.05. The Balaban J connectivity index is 2.65. The van der Waals surface area contributed by atoms with E-state index in [1.54, 1.807) is 18.2 Å². The van der Waals surface area contributed by atoms with Gasteiger partial charge < -0.3 is 10.4 Å². The van der Waals surface area contributed by atoms with E-state index in [1.165, 1.54) is 0 Å². The van der Waals surface area contributed by atoms with Crippen LogP contribution in [0.15, 0.2) is 30.4 Å². The van der Waals surface area contributed by atoms with E-state index in [1.807, 2.05) is 0 Å². The van der Waals surface area contributed by atoms with E-state index >= 15 is 0 Å². The molecule has 2 N–H and O–H groups in total. The van der Waals surface area contributed by atoms with Crippen molar-refractivity contribution in [2.45, 2.75) is 0 Å². The van der Waals surface area contributed by atoms with Gasteiger partial charge in [-0.1, -0.05) is 29.8 Å². The first-order valence-corrected chi connectivity index (χ1v) is 4.85. The molecule has 0 aromatic heterocycles. The summed E-state index contributed by atoms with van der Waals surface area (Å²) in [4.78, 5) is 10.5. The van der Waals surface area contributed by atoms with E-state index in [9.17, 15) is 4.79 Å². The molecule has 3 nitrogen and oxygen atoms in total. The zero-order valence-corrected chi connectivity index (χ0v) is 9.27. The second-order valence-electron chi connectivity index (χ2n) is 2.92. The molecule has 0 aliphatic heterocycles. The molecule has 0 amide bonds. The monoisotopic (exact) mass is 245 g/mol. The van der Waals surface area contributed by atoms with Gasteiger partial charge in [0, 0.05) is 27.9 Å². The molecule has 0 unspecified atom stereocenters. The molecule has 0 saturated heterocycles. The van der Waals surface area contributed by atoms with Gasteiger partial charge in [-0.05, 0) is 18.2 Å². The van der Waals surface area contributed by atoms with Crippen molar-refractivity contribution >= 4 is 34.9 Å². The van der Waals surface area contributed by atoms with Gasteiger partial charge in [-0.15, -0.1) is 0 Å². The molecule has 1 aromatic carbocycles. The Kier molecular flexibility index (Phi) is 4.00. The van der Waals surface area contributed by atoms with Crippen LogP contribution < -0.4 is 5.32 Å². The standard InChI is InChI=1S/C10H9Cl2NO2/c1-6(10(14)15)5-13-9-3-7(11)2-8(12)4-9/h2-4,13H,1,5H2,(H,14,15). The number of hydrogen-bond donors (Lipinski definition) is 2. The highest BCUT2D eigenvalue weighted by Crippen LogP contribution is 2.22. The Hall–Kier alpha value is -1.19. The van der Waals surface area contributed by atoms with Gasteiger partial charge in [-0.3, -0.25) is 0 Å². The molecule has 5 heteroatoms. The average molecular weight is 246 g/mol. The molecule has 0 aliphatic rings. The first kappa shape index (κ1) is 11.9. The van der Waals surface area contributed by atoms with Crippen LogP contribution in [0.25, 0.3) is 0 Å². The van der Waals surface area contributed by atoms with Crippen molar-refractivity contribution < 1.29 is 9.90 Å². The van der Waals surface area contributed by atoms with E-state index < -0.39 is 5.97 Å². The minimum absolute atomic E-state index is 0.0751. The van der Waals surface area contributed by atoms with Gasteiger partial charge in [0.2, 0.25) is 0 Å². The maximum atomic E-state index is 10.5. The van der Waals surface area contributed by atoms with E-state index in [0.29, 0.717) is 15.7 Å². The number of benzene rings is 1. The van der Waals surface area contributed by atoms with Crippen LogP contribution in [-0.4, -0.2) is 17.6 Å². The van der Waals surface area contributed by atoms with Crippen LogP contribution in [0.1, 0.15) is 0 Å². The predicted octanol–water partition coefficient (Wildman–Crippen LogP) is 3.05. The number of carboxylic acid groups (broad SMARTS) is 1. The zero-order chi connectivity index (χ0) is 11.4. The number of carbonyl (C=O) groups is 1. The van der Waals surface area contributed by atoms with Gasteiger partial charge in [-0.25, -0.2) is 4.79 Å². The molecule has 1 aromatic rings. The molecule has 0 saturated carbocycles. The summed E-state index contributed by atoms with van der Waals surface area (Å²) < 4.78 is 0. The number of anilines is 1. The minimum Gasteiger partial charge on any atom is -0.478 e. The van der Waals surface area contributed by atoms with Crippen molar-refractivity contribution in [2.24, 2.45) is 0 Å². The van der Waals surface area contributed by atoms with Crippen LogP contribution in [0.3, 0.4) is 0 Å². The fraction of sp³-hybridized carbons (Fsp3) is 0.100. The number of halogens is 2. The number of rotatable bonds is 4. The highest BCUT2D eigenvalue weighted by molar-refractivity contribution is 6.35. The molecule has 0 spiro atoms. The van der Waals surface area contributed by atoms with E-state index in [4.69, 9.17) is 28.3 Å². The lowest BCUT2D eigenvalue weighted by Crippen LogP contribution is -2.11. The van der Waals surface area contributed by atoms with Crippen LogP contribution in [0.2, 0.25) is 10.0 Å². The van der Waals surface area contributed by atoms with Crippen LogP contribution in [-0.2, 0) is 4.79 Å². The number of nitrogens with one attached hydrogen (secondary N) is 1. The highest BCUT2D eigenvalue weighted by Gasteiger charge is 2.04. The molecule has 0 fully saturated rings. The van der Waals surface area contributed by atoms with Crippen LogP contribution in [0, 0.1) is 0 Å². The Bertz CT molecular complexity index is 384. The molecular formula is C10H9Cl2NO2. The van der Waals surface area contributed by atoms with Crippen molar-refractivity contribution in [3.63, 3.8) is 0 Å². The third-order valence-corrected chi connectivity index (χ3v) is 2.11. The maximum Gasteiger partial charge on any atom is 0.332 e. The molecule has 15 heavy (non-hydrogen) atoms. The van der Waals surface area contributed by atoms with Gasteiger partial charge in [0.1, 0.15) is 0 Å². The summed E-state index contributed by atoms with van der Waals surface area (Å²) >= 11 is 11.5. The third kappa shape index (κ3) is 3.81. The van der Waals surface area contributed by atoms with Crippen molar-refractivity contribution in [1.29, 1.82) is 0 Å². The van der Waals surface area contributed by atoms with Gasteiger partial charge in [0.25, 0.3) is 0 Å². The fourth-order valence-electron chi connectivity index (χ4n) is 0.940. The Labute approximate surface area is 97.3 Å². The number of hydrogen-bond acceptors (Lipinski definition) is 2. The SMILES string of the molecule is C=C(CNc1cc(Cl)cc(Cl)c1)C(=O)O. The lowest BCUT2D eigenvalue weighted by atomic mass is 10.2. The summed E-state index contributed by atoms with van der Waals surface area (Å²) in [5.41, 5.74) is 0.737. The summed E-state index contributed by atoms with van der Waals surface area (Å²) in [6.07, 6.45) is 0. The summed E-state index contributed by atoms with van der Waals surface area (Å²) in [6.45, 7) is 3.53. The molecule has 0 bridgehead atoms. The third-order valence-electron chi connectivity index (χ3n) is 1.67. The summed E-state index contributed by atoms with van der Waals surface area (Å²) in [6, 6.07) is 4.91. The largest absolute Gasteiger partial charge is 0.478 e. The lowest BCUT2D eigenvalue weighted by Gasteiger charge is -2.06. The normalized spacial score (nSPS) is 9.73. The molecule has 80 valence electrons. The molecule has 0 heterocycles. The fourth-order valence-corrected chi connectivity index (χ4v) is 1.47. The minimum atomic E-state index is -1.03. The van der Waals surface area contributed by atoms with Crippen LogP contribution in [0.4, 0.5) is 5.69 Å². The second-order valence-corrected chi connectivity index (χ2v) is 3.79. The van der Waals surface area contributed by atoms with Gasteiger partial charge in [0.15, 0.2) is 0 Å². The van der Waals surface area contributed by atoms with Crippen molar-refractivity contribution in [1.82, 2.24) is 0 Å². The first-order chi connectivity index (χ1) is 6.99. The summed E-state index contributed by atoms with van der Waals surface area (Å²) in [5.74, 6) is -1.03. The first-order valence-electron chi connectivity index (χ1n) is 4.10. The van der Waals surface area contributed by atoms with E-state index in [2.05, 4.69) is 11.9 Å². The Morgan fingerprint density at radius 3 is 2.33 bits per heavy atom. The topological polar surface area (TPSA) is 49.3 Å². The highest BCUT2D eigenvalue weighted by atomic mass is 35.5. The molecule has 0 atom stereocenters. The van der Waals surface area contributed by atoms with Crippen molar-refractivity contribution in [3.8, 4) is 0 Å². The average Bonchev–Trinajstić information content (AvgIpc) is 2.12. The quantitative estimate of drug-likeness (QED) is 0.802. The smallest absolute Gasteiger partial charge is 0.332 e. The molecule has 1 rings (SSSR count). The van der Waals surface area contributed by atoms with Gasteiger partial charge >= 0.3 is 5.97 Å². The summed E-state index contributed by atoms with van der Waals surface area (Å²) in [5, 5.41) is 12.4. The Morgan fingerprint density at radius 2 is 1.87 bits per heavy atom. The molecule has 0 aliphatic carbocycles. The van der Waals surface area contributed by atoms with E-state index in [0.717, 1.165) is 0 Å². The number of aliphatic carboxylic acids is 1. The summed E-state index contributed by atoms with van der Waals surface area (Å²) in [7, 11) is 0. The lowest BCUT2D eigenvalue weighted by molar-refractivity contribution is -0.132. The molecule has 0 radical (unpaired) electrons. The molecular weight excluding hydrogens is 237 g/mol. The zero-order valence-electron chi connectivity index (χ0n) is 7.76. The van der Waals surface area contributed by atoms with Gasteiger partial charge in [-0.2, -0.15) is 0 Å². The number of carboxylic acids is 1. The van der Waals surface area contributed by atoms with Crippen molar-refractivity contribution in [2.75, 3.05) is 11.9 Å². The maximum absolute atomic E-state index is 10.5.